The fourth-order valence-corrected chi connectivity index (χ4v) is 2.17. The fourth-order valence-electron chi connectivity index (χ4n) is 2.17. The van der Waals surface area contributed by atoms with Gasteiger partial charge in [0, 0.05) is 5.92 Å². The van der Waals surface area contributed by atoms with Crippen molar-refractivity contribution in [2.45, 2.75) is 38.2 Å². The zero-order valence-electron chi connectivity index (χ0n) is 8.28. The first-order valence-electron chi connectivity index (χ1n) is 5.22. The molecule has 0 heterocycles. The van der Waals surface area contributed by atoms with Crippen molar-refractivity contribution in [1.82, 2.24) is 0 Å². The van der Waals surface area contributed by atoms with Crippen LogP contribution < -0.4 is 0 Å². The molecular weight excluding hydrogens is 160 g/mol. The Morgan fingerprint density at radius 3 is 2.08 bits per heavy atom. The van der Waals surface area contributed by atoms with Gasteiger partial charge in [0.1, 0.15) is 0 Å². The molecule has 1 aliphatic rings. The zero-order valence-corrected chi connectivity index (χ0v) is 8.28. The first-order valence-corrected chi connectivity index (χ1v) is 5.22. The van der Waals surface area contributed by atoms with Gasteiger partial charge in [0.15, 0.2) is 0 Å². The highest BCUT2D eigenvalue weighted by molar-refractivity contribution is 4.98. The largest absolute Gasteiger partial charge is 0.392 e. The quantitative estimate of drug-likeness (QED) is 0.659. The molecule has 0 radical (unpaired) electrons. The Bertz CT molecular complexity index is 160. The van der Waals surface area contributed by atoms with E-state index in [0.717, 1.165) is 0 Å². The van der Waals surface area contributed by atoms with Crippen LogP contribution in [-0.4, -0.2) is 11.2 Å². The van der Waals surface area contributed by atoms with E-state index in [2.05, 4.69) is 13.2 Å². The lowest BCUT2D eigenvalue weighted by Crippen LogP contribution is -2.28. The SMILES string of the molecule is C=CC(C=C)C(O)C1CCCCC1. The van der Waals surface area contributed by atoms with Crippen LogP contribution in [0.4, 0.5) is 0 Å². The van der Waals surface area contributed by atoms with E-state index in [4.69, 9.17) is 0 Å². The number of hydrogen-bond donors (Lipinski definition) is 1. The minimum Gasteiger partial charge on any atom is -0.392 e. The van der Waals surface area contributed by atoms with Gasteiger partial charge in [-0.05, 0) is 18.8 Å². The maximum atomic E-state index is 9.99. The predicted octanol–water partition coefficient (Wildman–Crippen LogP) is 2.92. The molecule has 1 atom stereocenters. The molecule has 1 heteroatoms. The molecule has 0 aliphatic heterocycles. The van der Waals surface area contributed by atoms with Crippen LogP contribution in [-0.2, 0) is 0 Å². The lowest BCUT2D eigenvalue weighted by Gasteiger charge is -2.29. The molecule has 1 N–H and O–H groups in total. The van der Waals surface area contributed by atoms with Gasteiger partial charge in [-0.2, -0.15) is 0 Å². The summed E-state index contributed by atoms with van der Waals surface area (Å²) < 4.78 is 0. The second-order valence-electron chi connectivity index (χ2n) is 3.94. The van der Waals surface area contributed by atoms with Gasteiger partial charge in [-0.3, -0.25) is 0 Å². The van der Waals surface area contributed by atoms with Crippen LogP contribution in [0.1, 0.15) is 32.1 Å². The summed E-state index contributed by atoms with van der Waals surface area (Å²) in [6.07, 6.45) is 9.54. The third-order valence-electron chi connectivity index (χ3n) is 3.07. The number of hydrogen-bond acceptors (Lipinski definition) is 1. The number of aliphatic hydroxyl groups excluding tert-OH is 1. The summed E-state index contributed by atoms with van der Waals surface area (Å²) in [5.74, 6) is 0.540. The second kappa shape index (κ2) is 5.23. The second-order valence-corrected chi connectivity index (χ2v) is 3.94. The van der Waals surface area contributed by atoms with Gasteiger partial charge in [0.25, 0.3) is 0 Å². The van der Waals surface area contributed by atoms with E-state index >= 15 is 0 Å². The summed E-state index contributed by atoms with van der Waals surface area (Å²) in [4.78, 5) is 0. The van der Waals surface area contributed by atoms with Gasteiger partial charge in [0.05, 0.1) is 6.10 Å². The lowest BCUT2D eigenvalue weighted by molar-refractivity contribution is 0.0643. The molecule has 1 rings (SSSR count). The summed E-state index contributed by atoms with van der Waals surface area (Å²) in [5.41, 5.74) is 0. The predicted molar refractivity (Wildman–Crippen MR) is 56.5 cm³/mol. The Hall–Kier alpha value is -0.560. The molecule has 1 nitrogen and oxygen atoms in total. The van der Waals surface area contributed by atoms with Crippen molar-refractivity contribution < 1.29 is 5.11 Å². The molecule has 0 amide bonds. The van der Waals surface area contributed by atoms with Crippen LogP contribution in [0.2, 0.25) is 0 Å². The van der Waals surface area contributed by atoms with E-state index in [0.29, 0.717) is 5.92 Å². The van der Waals surface area contributed by atoms with E-state index in [1.165, 1.54) is 32.1 Å². The standard InChI is InChI=1S/C12H20O/c1-3-10(4-2)12(13)11-8-6-5-7-9-11/h3-4,10-13H,1-2,5-9H2. The first kappa shape index (κ1) is 10.5. The van der Waals surface area contributed by atoms with Gasteiger partial charge in [-0.25, -0.2) is 0 Å². The van der Waals surface area contributed by atoms with Crippen LogP contribution in [0.3, 0.4) is 0 Å². The Balaban J connectivity index is 2.47. The molecule has 74 valence electrons. The van der Waals surface area contributed by atoms with Crippen molar-refractivity contribution in [3.63, 3.8) is 0 Å². The van der Waals surface area contributed by atoms with Gasteiger partial charge in [-0.1, -0.05) is 31.4 Å². The smallest absolute Gasteiger partial charge is 0.0665 e. The van der Waals surface area contributed by atoms with Crippen LogP contribution in [0.5, 0.6) is 0 Å². The zero-order chi connectivity index (χ0) is 9.68. The fraction of sp³-hybridized carbons (Fsp3) is 0.667. The van der Waals surface area contributed by atoms with E-state index < -0.39 is 0 Å². The molecule has 0 saturated heterocycles. The van der Waals surface area contributed by atoms with E-state index in [-0.39, 0.29) is 12.0 Å². The highest BCUT2D eigenvalue weighted by atomic mass is 16.3. The highest BCUT2D eigenvalue weighted by Crippen LogP contribution is 2.30. The van der Waals surface area contributed by atoms with Crippen molar-refractivity contribution >= 4 is 0 Å². The monoisotopic (exact) mass is 180 g/mol. The Labute approximate surface area is 81.2 Å². The molecule has 0 aromatic carbocycles. The van der Waals surface area contributed by atoms with Crippen molar-refractivity contribution in [2.24, 2.45) is 11.8 Å². The molecule has 13 heavy (non-hydrogen) atoms. The topological polar surface area (TPSA) is 20.2 Å². The van der Waals surface area contributed by atoms with E-state index in [1.807, 2.05) is 0 Å². The molecule has 0 aromatic heterocycles. The average Bonchev–Trinajstić information content (AvgIpc) is 2.21. The Kier molecular flexibility index (Phi) is 4.23. The summed E-state index contributed by atoms with van der Waals surface area (Å²) in [5, 5.41) is 9.99. The maximum absolute atomic E-state index is 9.99. The average molecular weight is 180 g/mol. The first-order chi connectivity index (χ1) is 6.29. The van der Waals surface area contributed by atoms with Gasteiger partial charge in [0.2, 0.25) is 0 Å². The van der Waals surface area contributed by atoms with Crippen molar-refractivity contribution in [1.29, 1.82) is 0 Å². The maximum Gasteiger partial charge on any atom is 0.0665 e. The van der Waals surface area contributed by atoms with Crippen molar-refractivity contribution in [3.8, 4) is 0 Å². The normalized spacial score (nSPS) is 21.4. The molecule has 1 unspecified atom stereocenters. The van der Waals surface area contributed by atoms with Crippen LogP contribution in [0.25, 0.3) is 0 Å². The summed E-state index contributed by atoms with van der Waals surface area (Å²) in [6.45, 7) is 7.43. The van der Waals surface area contributed by atoms with E-state index in [9.17, 15) is 5.11 Å². The van der Waals surface area contributed by atoms with Crippen molar-refractivity contribution in [2.75, 3.05) is 0 Å². The molecule has 0 spiro atoms. The summed E-state index contributed by atoms with van der Waals surface area (Å²) in [7, 11) is 0. The minimum atomic E-state index is -0.254. The summed E-state index contributed by atoms with van der Waals surface area (Å²) >= 11 is 0. The molecule has 1 fully saturated rings. The highest BCUT2D eigenvalue weighted by Gasteiger charge is 2.25. The lowest BCUT2D eigenvalue weighted by atomic mass is 9.80. The van der Waals surface area contributed by atoms with Crippen molar-refractivity contribution in [3.05, 3.63) is 25.3 Å². The van der Waals surface area contributed by atoms with Gasteiger partial charge >= 0.3 is 0 Å². The van der Waals surface area contributed by atoms with E-state index in [1.54, 1.807) is 12.2 Å². The molecular formula is C12H20O. The third-order valence-corrected chi connectivity index (χ3v) is 3.07. The van der Waals surface area contributed by atoms with Gasteiger partial charge in [-0.15, -0.1) is 13.2 Å². The summed E-state index contributed by atoms with van der Waals surface area (Å²) in [6, 6.07) is 0. The van der Waals surface area contributed by atoms with Crippen LogP contribution >= 0.6 is 0 Å². The Morgan fingerprint density at radius 1 is 1.08 bits per heavy atom. The molecule has 0 aromatic rings. The third kappa shape index (κ3) is 2.70. The molecule has 1 saturated carbocycles. The van der Waals surface area contributed by atoms with Gasteiger partial charge < -0.3 is 5.11 Å². The number of aliphatic hydroxyl groups is 1. The molecule has 1 aliphatic carbocycles. The van der Waals surface area contributed by atoms with Crippen LogP contribution in [0.15, 0.2) is 25.3 Å². The Morgan fingerprint density at radius 2 is 1.62 bits per heavy atom. The molecule has 0 bridgehead atoms. The number of rotatable bonds is 4. The minimum absolute atomic E-state index is 0.0723. The van der Waals surface area contributed by atoms with Crippen LogP contribution in [0, 0.1) is 11.8 Å².